The SMILES string of the molecule is CSCCCNc1ccc(C=O)cc1[N+](=O)[O-]. The van der Waals surface area contributed by atoms with Gasteiger partial charge in [-0.1, -0.05) is 0 Å². The van der Waals surface area contributed by atoms with Gasteiger partial charge in [0, 0.05) is 18.2 Å². The highest BCUT2D eigenvalue weighted by Gasteiger charge is 2.13. The van der Waals surface area contributed by atoms with Crippen LogP contribution < -0.4 is 5.32 Å². The lowest BCUT2D eigenvalue weighted by atomic mass is 10.2. The fourth-order valence-corrected chi connectivity index (χ4v) is 1.80. The molecule has 0 aromatic heterocycles. The molecule has 0 bridgehead atoms. The highest BCUT2D eigenvalue weighted by atomic mass is 32.2. The number of nitrogens with one attached hydrogen (secondary N) is 1. The first-order chi connectivity index (χ1) is 8.19. The summed E-state index contributed by atoms with van der Waals surface area (Å²) < 4.78 is 0. The number of rotatable bonds is 7. The molecule has 0 aliphatic rings. The van der Waals surface area contributed by atoms with Crippen molar-refractivity contribution in [2.45, 2.75) is 6.42 Å². The van der Waals surface area contributed by atoms with E-state index in [1.807, 2.05) is 6.26 Å². The van der Waals surface area contributed by atoms with Gasteiger partial charge in [-0.2, -0.15) is 11.8 Å². The van der Waals surface area contributed by atoms with Crippen LogP contribution in [0, 0.1) is 10.1 Å². The van der Waals surface area contributed by atoms with E-state index >= 15 is 0 Å². The van der Waals surface area contributed by atoms with Crippen molar-refractivity contribution < 1.29 is 9.72 Å². The Morgan fingerprint density at radius 2 is 2.29 bits per heavy atom. The molecule has 1 rings (SSSR count). The molecule has 0 unspecified atom stereocenters. The van der Waals surface area contributed by atoms with Gasteiger partial charge in [-0.25, -0.2) is 0 Å². The molecule has 92 valence electrons. The summed E-state index contributed by atoms with van der Waals surface area (Å²) in [6.45, 7) is 0.683. The van der Waals surface area contributed by atoms with Gasteiger partial charge >= 0.3 is 0 Å². The lowest BCUT2D eigenvalue weighted by molar-refractivity contribution is -0.384. The first-order valence-corrected chi connectivity index (χ1v) is 6.55. The maximum absolute atomic E-state index is 10.8. The Hall–Kier alpha value is -1.56. The number of nitrogens with zero attached hydrogens (tertiary/aromatic N) is 1. The first kappa shape index (κ1) is 13.5. The van der Waals surface area contributed by atoms with Crippen molar-refractivity contribution >= 4 is 29.4 Å². The van der Waals surface area contributed by atoms with E-state index in [0.29, 0.717) is 24.1 Å². The third kappa shape index (κ3) is 4.07. The van der Waals surface area contributed by atoms with Crippen LogP contribution in [0.5, 0.6) is 0 Å². The number of thioether (sulfide) groups is 1. The molecular weight excluding hydrogens is 240 g/mol. The normalized spacial score (nSPS) is 9.94. The summed E-state index contributed by atoms with van der Waals surface area (Å²) in [6.07, 6.45) is 3.56. The lowest BCUT2D eigenvalue weighted by Crippen LogP contribution is -2.05. The van der Waals surface area contributed by atoms with Crippen LogP contribution in [0.4, 0.5) is 11.4 Å². The molecule has 17 heavy (non-hydrogen) atoms. The third-order valence-electron chi connectivity index (χ3n) is 2.20. The van der Waals surface area contributed by atoms with E-state index < -0.39 is 4.92 Å². The summed E-state index contributed by atoms with van der Waals surface area (Å²) in [5, 5.41) is 13.8. The molecule has 6 heteroatoms. The number of carbonyl (C=O) groups excluding carboxylic acids is 1. The summed E-state index contributed by atoms with van der Waals surface area (Å²) in [6, 6.07) is 4.42. The molecule has 0 amide bonds. The van der Waals surface area contributed by atoms with Crippen molar-refractivity contribution in [3.63, 3.8) is 0 Å². The topological polar surface area (TPSA) is 72.2 Å². The highest BCUT2D eigenvalue weighted by molar-refractivity contribution is 7.98. The average molecular weight is 254 g/mol. The zero-order chi connectivity index (χ0) is 12.7. The van der Waals surface area contributed by atoms with Crippen LogP contribution in [0.1, 0.15) is 16.8 Å². The Morgan fingerprint density at radius 3 is 2.88 bits per heavy atom. The molecule has 0 saturated heterocycles. The van der Waals surface area contributed by atoms with E-state index in [9.17, 15) is 14.9 Å². The minimum absolute atomic E-state index is 0.0567. The molecule has 0 aliphatic carbocycles. The zero-order valence-electron chi connectivity index (χ0n) is 9.51. The van der Waals surface area contributed by atoms with Gasteiger partial charge in [0.05, 0.1) is 4.92 Å². The van der Waals surface area contributed by atoms with E-state index in [2.05, 4.69) is 5.32 Å². The number of nitro groups is 1. The molecule has 0 heterocycles. The number of aldehydes is 1. The molecule has 0 saturated carbocycles. The van der Waals surface area contributed by atoms with Crippen LogP contribution in [-0.4, -0.2) is 29.8 Å². The van der Waals surface area contributed by atoms with E-state index in [1.165, 1.54) is 6.07 Å². The molecular formula is C11H14N2O3S. The van der Waals surface area contributed by atoms with Crippen LogP contribution in [0.25, 0.3) is 0 Å². The predicted molar refractivity (Wildman–Crippen MR) is 70.0 cm³/mol. The molecule has 1 aromatic rings. The molecule has 1 aromatic carbocycles. The Bertz CT molecular complexity index is 410. The second-order valence-electron chi connectivity index (χ2n) is 3.42. The molecule has 0 atom stereocenters. The Morgan fingerprint density at radius 1 is 1.53 bits per heavy atom. The van der Waals surface area contributed by atoms with Gasteiger partial charge in [0.2, 0.25) is 0 Å². The van der Waals surface area contributed by atoms with Crippen LogP contribution >= 0.6 is 11.8 Å². The largest absolute Gasteiger partial charge is 0.379 e. The summed E-state index contributed by atoms with van der Waals surface area (Å²) in [5.74, 6) is 1.01. The lowest BCUT2D eigenvalue weighted by Gasteiger charge is -2.06. The van der Waals surface area contributed by atoms with E-state index in [-0.39, 0.29) is 5.69 Å². The predicted octanol–water partition coefficient (Wildman–Crippen LogP) is 2.57. The van der Waals surface area contributed by atoms with Crippen LogP contribution in [-0.2, 0) is 0 Å². The number of anilines is 1. The van der Waals surface area contributed by atoms with Gasteiger partial charge in [-0.05, 0) is 30.6 Å². The van der Waals surface area contributed by atoms with Gasteiger partial charge in [0.1, 0.15) is 12.0 Å². The van der Waals surface area contributed by atoms with Gasteiger partial charge in [-0.15, -0.1) is 0 Å². The van der Waals surface area contributed by atoms with Crippen molar-refractivity contribution in [2.24, 2.45) is 0 Å². The molecule has 1 N–H and O–H groups in total. The number of hydrogen-bond donors (Lipinski definition) is 1. The van der Waals surface area contributed by atoms with Crippen molar-refractivity contribution in [1.29, 1.82) is 0 Å². The van der Waals surface area contributed by atoms with Gasteiger partial charge < -0.3 is 5.32 Å². The second-order valence-corrected chi connectivity index (χ2v) is 4.41. The Kier molecular flexibility index (Phi) is 5.48. The molecule has 5 nitrogen and oxygen atoms in total. The maximum atomic E-state index is 10.8. The second kappa shape index (κ2) is 6.90. The monoisotopic (exact) mass is 254 g/mol. The molecule has 0 radical (unpaired) electrons. The van der Waals surface area contributed by atoms with Crippen LogP contribution in [0.2, 0.25) is 0 Å². The summed E-state index contributed by atoms with van der Waals surface area (Å²) in [7, 11) is 0. The molecule has 0 spiro atoms. The third-order valence-corrected chi connectivity index (χ3v) is 2.89. The van der Waals surface area contributed by atoms with Crippen molar-refractivity contribution in [3.8, 4) is 0 Å². The van der Waals surface area contributed by atoms with Gasteiger partial charge in [0.15, 0.2) is 0 Å². The van der Waals surface area contributed by atoms with Gasteiger partial charge in [-0.3, -0.25) is 14.9 Å². The fraction of sp³-hybridized carbons (Fsp3) is 0.364. The van der Waals surface area contributed by atoms with E-state index in [4.69, 9.17) is 0 Å². The van der Waals surface area contributed by atoms with E-state index in [0.717, 1.165) is 12.2 Å². The average Bonchev–Trinajstić information content (AvgIpc) is 2.34. The number of carbonyl (C=O) groups is 1. The van der Waals surface area contributed by atoms with Gasteiger partial charge in [0.25, 0.3) is 5.69 Å². The fourth-order valence-electron chi connectivity index (χ4n) is 1.36. The standard InChI is InChI=1S/C11H14N2O3S/c1-17-6-2-5-12-10-4-3-9(8-14)7-11(10)13(15)16/h3-4,7-8,12H,2,5-6H2,1H3. The Balaban J connectivity index is 2.76. The molecule has 0 fully saturated rings. The number of nitro benzene ring substituents is 1. The van der Waals surface area contributed by atoms with Crippen molar-refractivity contribution in [2.75, 3.05) is 23.9 Å². The maximum Gasteiger partial charge on any atom is 0.293 e. The minimum atomic E-state index is -0.482. The quantitative estimate of drug-likeness (QED) is 0.350. The smallest absolute Gasteiger partial charge is 0.293 e. The van der Waals surface area contributed by atoms with Crippen LogP contribution in [0.3, 0.4) is 0 Å². The van der Waals surface area contributed by atoms with Crippen LogP contribution in [0.15, 0.2) is 18.2 Å². The van der Waals surface area contributed by atoms with Crippen molar-refractivity contribution in [3.05, 3.63) is 33.9 Å². The number of benzene rings is 1. The summed E-state index contributed by atoms with van der Waals surface area (Å²) in [5.41, 5.74) is 0.715. The summed E-state index contributed by atoms with van der Waals surface area (Å²) >= 11 is 1.73. The number of hydrogen-bond acceptors (Lipinski definition) is 5. The summed E-state index contributed by atoms with van der Waals surface area (Å²) in [4.78, 5) is 20.9. The minimum Gasteiger partial charge on any atom is -0.379 e. The first-order valence-electron chi connectivity index (χ1n) is 5.15. The van der Waals surface area contributed by atoms with E-state index in [1.54, 1.807) is 23.9 Å². The Labute approximate surface area is 104 Å². The highest BCUT2D eigenvalue weighted by Crippen LogP contribution is 2.24. The van der Waals surface area contributed by atoms with Crippen molar-refractivity contribution in [1.82, 2.24) is 0 Å². The zero-order valence-corrected chi connectivity index (χ0v) is 10.3. The molecule has 0 aliphatic heterocycles.